The molecule has 1 aromatic carbocycles. The highest BCUT2D eigenvalue weighted by Gasteiger charge is 2.20. The van der Waals surface area contributed by atoms with E-state index in [2.05, 4.69) is 9.72 Å². The van der Waals surface area contributed by atoms with E-state index in [0.717, 1.165) is 0 Å². The number of ether oxygens (including phenoxy) is 1. The maximum absolute atomic E-state index is 12.6. The van der Waals surface area contributed by atoms with Crippen molar-refractivity contribution in [3.63, 3.8) is 0 Å². The Morgan fingerprint density at radius 2 is 2.05 bits per heavy atom. The molecule has 0 aliphatic rings. The molecule has 0 aliphatic carbocycles. The molecule has 0 aliphatic heterocycles. The summed E-state index contributed by atoms with van der Waals surface area (Å²) in [5, 5.41) is 0.946. The van der Waals surface area contributed by atoms with Gasteiger partial charge in [-0.2, -0.15) is 0 Å². The SMILES string of the molecule is CCN(CC(=O)OC)C(=O)c1cc(Cl)nc2ccccc12. The number of pyridine rings is 1. The highest BCUT2D eigenvalue weighted by molar-refractivity contribution is 6.30. The second kappa shape index (κ2) is 6.54. The largest absolute Gasteiger partial charge is 0.468 e. The minimum Gasteiger partial charge on any atom is -0.468 e. The first-order valence-corrected chi connectivity index (χ1v) is 6.86. The average molecular weight is 307 g/mol. The Balaban J connectivity index is 2.44. The number of fused-ring (bicyclic) bond motifs is 1. The molecule has 2 rings (SSSR count). The number of nitrogens with zero attached hydrogens (tertiary/aromatic N) is 2. The molecule has 1 heterocycles. The topological polar surface area (TPSA) is 59.5 Å². The standard InChI is InChI=1S/C15H15ClN2O3/c1-3-18(9-14(19)21-2)15(20)11-8-13(16)17-12-7-5-4-6-10(11)12/h4-8H,3,9H2,1-2H3. The predicted molar refractivity (Wildman–Crippen MR) is 80.3 cm³/mol. The Labute approximate surface area is 127 Å². The number of carbonyl (C=O) groups excluding carboxylic acids is 2. The number of hydrogen-bond donors (Lipinski definition) is 0. The van der Waals surface area contributed by atoms with Crippen LogP contribution in [0.4, 0.5) is 0 Å². The lowest BCUT2D eigenvalue weighted by atomic mass is 10.1. The first-order valence-electron chi connectivity index (χ1n) is 6.48. The van der Waals surface area contributed by atoms with Crippen molar-refractivity contribution >= 4 is 34.4 Å². The summed E-state index contributed by atoms with van der Waals surface area (Å²) in [6.07, 6.45) is 0. The van der Waals surface area contributed by atoms with Gasteiger partial charge in [0.05, 0.1) is 18.2 Å². The van der Waals surface area contributed by atoms with Crippen LogP contribution in [0, 0.1) is 0 Å². The highest BCUT2D eigenvalue weighted by atomic mass is 35.5. The summed E-state index contributed by atoms with van der Waals surface area (Å²) in [6.45, 7) is 2.09. The molecule has 5 nitrogen and oxygen atoms in total. The van der Waals surface area contributed by atoms with Crippen LogP contribution < -0.4 is 0 Å². The highest BCUT2D eigenvalue weighted by Crippen LogP contribution is 2.22. The van der Waals surface area contributed by atoms with E-state index in [-0.39, 0.29) is 17.6 Å². The van der Waals surface area contributed by atoms with Crippen molar-refractivity contribution in [1.82, 2.24) is 9.88 Å². The van der Waals surface area contributed by atoms with Gasteiger partial charge in [-0.15, -0.1) is 0 Å². The maximum Gasteiger partial charge on any atom is 0.325 e. The average Bonchev–Trinajstić information content (AvgIpc) is 2.50. The second-order valence-electron chi connectivity index (χ2n) is 4.41. The summed E-state index contributed by atoms with van der Waals surface area (Å²) < 4.78 is 4.61. The van der Waals surface area contributed by atoms with E-state index in [1.807, 2.05) is 12.1 Å². The van der Waals surface area contributed by atoms with Gasteiger partial charge < -0.3 is 9.64 Å². The summed E-state index contributed by atoms with van der Waals surface area (Å²) in [5.74, 6) is -0.738. The van der Waals surface area contributed by atoms with E-state index in [1.54, 1.807) is 19.1 Å². The summed E-state index contributed by atoms with van der Waals surface area (Å²) in [6, 6.07) is 8.76. The van der Waals surface area contributed by atoms with Crippen molar-refractivity contribution in [3.05, 3.63) is 41.0 Å². The van der Waals surface area contributed by atoms with Gasteiger partial charge in [0.1, 0.15) is 11.7 Å². The number of halogens is 1. The zero-order valence-electron chi connectivity index (χ0n) is 11.8. The van der Waals surface area contributed by atoms with Gasteiger partial charge in [-0.1, -0.05) is 29.8 Å². The van der Waals surface area contributed by atoms with E-state index in [4.69, 9.17) is 11.6 Å². The van der Waals surface area contributed by atoms with Crippen LogP contribution in [0.1, 0.15) is 17.3 Å². The number of amides is 1. The van der Waals surface area contributed by atoms with Crippen LogP contribution >= 0.6 is 11.6 Å². The van der Waals surface area contributed by atoms with Crippen LogP contribution in [0.5, 0.6) is 0 Å². The van der Waals surface area contributed by atoms with Crippen molar-refractivity contribution in [2.45, 2.75) is 6.92 Å². The van der Waals surface area contributed by atoms with E-state index >= 15 is 0 Å². The Morgan fingerprint density at radius 1 is 1.33 bits per heavy atom. The summed E-state index contributed by atoms with van der Waals surface area (Å²) >= 11 is 5.98. The molecular formula is C15H15ClN2O3. The minimum atomic E-state index is -0.463. The molecule has 0 radical (unpaired) electrons. The number of benzene rings is 1. The van der Waals surface area contributed by atoms with E-state index in [9.17, 15) is 9.59 Å². The fourth-order valence-corrected chi connectivity index (χ4v) is 2.24. The zero-order valence-corrected chi connectivity index (χ0v) is 12.6. The molecule has 0 saturated heterocycles. The number of likely N-dealkylation sites (N-methyl/N-ethyl adjacent to an activating group) is 1. The maximum atomic E-state index is 12.6. The molecule has 0 spiro atoms. The van der Waals surface area contributed by atoms with Crippen molar-refractivity contribution in [2.24, 2.45) is 0 Å². The number of hydrogen-bond acceptors (Lipinski definition) is 4. The molecule has 6 heteroatoms. The second-order valence-corrected chi connectivity index (χ2v) is 4.79. The Bertz CT molecular complexity index is 688. The molecule has 0 fully saturated rings. The number of carbonyl (C=O) groups is 2. The fourth-order valence-electron chi connectivity index (χ4n) is 2.04. The third-order valence-electron chi connectivity index (χ3n) is 3.13. The summed E-state index contributed by atoms with van der Waals surface area (Å²) in [7, 11) is 1.29. The van der Waals surface area contributed by atoms with E-state index in [0.29, 0.717) is 23.0 Å². The molecule has 21 heavy (non-hydrogen) atoms. The quantitative estimate of drug-likeness (QED) is 0.643. The van der Waals surface area contributed by atoms with Crippen LogP contribution in [-0.2, 0) is 9.53 Å². The molecule has 0 N–H and O–H groups in total. The summed E-state index contributed by atoms with van der Waals surface area (Å²) in [5.41, 5.74) is 1.07. The predicted octanol–water partition coefficient (Wildman–Crippen LogP) is 2.52. The lowest BCUT2D eigenvalue weighted by Gasteiger charge is -2.20. The fraction of sp³-hybridized carbons (Fsp3) is 0.267. The monoisotopic (exact) mass is 306 g/mol. The van der Waals surface area contributed by atoms with E-state index < -0.39 is 5.97 Å². The molecular weight excluding hydrogens is 292 g/mol. The zero-order chi connectivity index (χ0) is 15.4. The van der Waals surface area contributed by atoms with Crippen LogP contribution in [0.25, 0.3) is 10.9 Å². The summed E-state index contributed by atoms with van der Waals surface area (Å²) in [4.78, 5) is 29.6. The van der Waals surface area contributed by atoms with Crippen molar-refractivity contribution < 1.29 is 14.3 Å². The Hall–Kier alpha value is -2.14. The van der Waals surface area contributed by atoms with Gasteiger partial charge in [-0.3, -0.25) is 9.59 Å². The number of aromatic nitrogens is 1. The molecule has 1 amide bonds. The molecule has 1 aromatic heterocycles. The van der Waals surface area contributed by atoms with Crippen molar-refractivity contribution in [2.75, 3.05) is 20.2 Å². The van der Waals surface area contributed by atoms with Gasteiger partial charge in [0.15, 0.2) is 0 Å². The smallest absolute Gasteiger partial charge is 0.325 e. The van der Waals surface area contributed by atoms with Crippen LogP contribution in [0.15, 0.2) is 30.3 Å². The molecule has 2 aromatic rings. The van der Waals surface area contributed by atoms with Crippen LogP contribution in [-0.4, -0.2) is 42.0 Å². The van der Waals surface area contributed by atoms with Gasteiger partial charge >= 0.3 is 5.97 Å². The number of methoxy groups -OCH3 is 1. The van der Waals surface area contributed by atoms with E-state index in [1.165, 1.54) is 18.1 Å². The van der Waals surface area contributed by atoms with Crippen molar-refractivity contribution in [1.29, 1.82) is 0 Å². The molecule has 0 unspecified atom stereocenters. The normalized spacial score (nSPS) is 10.4. The van der Waals surface area contributed by atoms with Gasteiger partial charge in [-0.05, 0) is 19.1 Å². The van der Waals surface area contributed by atoms with Gasteiger partial charge in [0.2, 0.25) is 0 Å². The van der Waals surface area contributed by atoms with Crippen LogP contribution in [0.2, 0.25) is 5.15 Å². The lowest BCUT2D eigenvalue weighted by molar-refractivity contribution is -0.141. The molecule has 0 atom stereocenters. The third-order valence-corrected chi connectivity index (χ3v) is 3.33. The first kappa shape index (κ1) is 15.3. The van der Waals surface area contributed by atoms with Gasteiger partial charge in [0.25, 0.3) is 5.91 Å². The Kier molecular flexibility index (Phi) is 4.75. The molecule has 0 saturated carbocycles. The first-order chi connectivity index (χ1) is 10.1. The van der Waals surface area contributed by atoms with Crippen molar-refractivity contribution in [3.8, 4) is 0 Å². The molecule has 110 valence electrons. The molecule has 0 bridgehead atoms. The van der Waals surface area contributed by atoms with Gasteiger partial charge in [-0.25, -0.2) is 4.98 Å². The third kappa shape index (κ3) is 3.31. The minimum absolute atomic E-state index is 0.0971. The number of rotatable bonds is 4. The number of esters is 1. The lowest BCUT2D eigenvalue weighted by Crippen LogP contribution is -2.36. The van der Waals surface area contributed by atoms with Gasteiger partial charge in [0, 0.05) is 11.9 Å². The number of para-hydroxylation sites is 1. The van der Waals surface area contributed by atoms with Crippen LogP contribution in [0.3, 0.4) is 0 Å². The Morgan fingerprint density at radius 3 is 2.71 bits per heavy atom.